The van der Waals surface area contributed by atoms with Gasteiger partial charge in [-0.15, -0.1) is 0 Å². The van der Waals surface area contributed by atoms with Crippen LogP contribution in [0.15, 0.2) is 28.8 Å². The van der Waals surface area contributed by atoms with Gasteiger partial charge in [0.25, 0.3) is 0 Å². The van der Waals surface area contributed by atoms with E-state index in [2.05, 4.69) is 10.1 Å². The molecule has 11 heteroatoms. The van der Waals surface area contributed by atoms with E-state index in [4.69, 9.17) is 14.4 Å². The molecule has 0 radical (unpaired) electrons. The van der Waals surface area contributed by atoms with Crippen LogP contribution < -0.4 is 4.90 Å². The molecule has 0 bridgehead atoms. The number of carbonyl (C=O) groups excluding carboxylic acids is 1. The third-order valence-corrected chi connectivity index (χ3v) is 5.78. The lowest BCUT2D eigenvalue weighted by atomic mass is 9.86. The minimum absolute atomic E-state index is 0.00948. The van der Waals surface area contributed by atoms with Crippen molar-refractivity contribution in [3.05, 3.63) is 47.1 Å². The molecule has 3 heterocycles. The number of aryl methyl sites for hydroxylation is 2. The van der Waals surface area contributed by atoms with E-state index in [1.54, 1.807) is 17.0 Å². The molecule has 2 saturated heterocycles. The molecule has 4 rings (SSSR count). The normalized spacial score (nSPS) is 21.2. The number of aliphatic carboxylic acids is 1. The fourth-order valence-corrected chi connectivity index (χ4v) is 4.14. The van der Waals surface area contributed by atoms with E-state index < -0.39 is 12.1 Å². The number of hydrogen-bond donors (Lipinski definition) is 1. The first-order chi connectivity index (χ1) is 14.9. The number of carboxylic acid groups (broad SMARTS) is 1. The Morgan fingerprint density at radius 2 is 1.84 bits per heavy atom. The lowest BCUT2D eigenvalue weighted by molar-refractivity contribution is -0.192. The quantitative estimate of drug-likeness (QED) is 0.708. The lowest BCUT2D eigenvalue weighted by Gasteiger charge is -2.24. The minimum atomic E-state index is -5.08. The average Bonchev–Trinajstić information content (AvgIpc) is 3.35. The summed E-state index contributed by atoms with van der Waals surface area (Å²) in [6.07, 6.45) is -3.53. The van der Waals surface area contributed by atoms with Crippen LogP contribution in [0.4, 0.5) is 23.2 Å². The third kappa shape index (κ3) is 5.26. The van der Waals surface area contributed by atoms with E-state index in [9.17, 15) is 22.4 Å². The van der Waals surface area contributed by atoms with Gasteiger partial charge in [0, 0.05) is 42.7 Å². The molecule has 1 spiro atoms. The highest BCUT2D eigenvalue weighted by molar-refractivity contribution is 5.96. The fraction of sp³-hybridized carbons (Fsp3) is 0.476. The fourth-order valence-electron chi connectivity index (χ4n) is 4.14. The Bertz CT molecular complexity index is 970. The first-order valence-corrected chi connectivity index (χ1v) is 9.90. The molecule has 1 aromatic heterocycles. The zero-order valence-electron chi connectivity index (χ0n) is 17.6. The number of rotatable bonds is 3. The summed E-state index contributed by atoms with van der Waals surface area (Å²) in [7, 11) is 0. The monoisotopic (exact) mass is 457 g/mol. The highest BCUT2D eigenvalue weighted by Crippen LogP contribution is 2.42. The number of amides is 1. The largest absolute Gasteiger partial charge is 0.490 e. The first kappa shape index (κ1) is 23.7. The first-order valence-electron chi connectivity index (χ1n) is 9.90. The van der Waals surface area contributed by atoms with Gasteiger partial charge in [0.1, 0.15) is 11.6 Å². The Labute approximate surface area is 181 Å². The Hall–Kier alpha value is -2.95. The van der Waals surface area contributed by atoms with E-state index >= 15 is 0 Å². The molecule has 1 unspecified atom stereocenters. The van der Waals surface area contributed by atoms with Crippen LogP contribution in [0, 0.1) is 25.1 Å². The van der Waals surface area contributed by atoms with Gasteiger partial charge in [-0.25, -0.2) is 9.18 Å². The Balaban J connectivity index is 0.000000360. The minimum Gasteiger partial charge on any atom is -0.475 e. The van der Waals surface area contributed by atoms with E-state index in [0.717, 1.165) is 48.8 Å². The number of hydrogen-bond acceptors (Lipinski definition) is 5. The van der Waals surface area contributed by atoms with Crippen LogP contribution in [0.3, 0.4) is 0 Å². The molecule has 1 aromatic carbocycles. The van der Waals surface area contributed by atoms with Crippen LogP contribution >= 0.6 is 0 Å². The predicted octanol–water partition coefficient (Wildman–Crippen LogP) is 3.69. The molecule has 1 amide bonds. The maximum atomic E-state index is 13.1. The predicted molar refractivity (Wildman–Crippen MR) is 105 cm³/mol. The van der Waals surface area contributed by atoms with Crippen LogP contribution in [0.5, 0.6) is 0 Å². The van der Waals surface area contributed by atoms with Crippen molar-refractivity contribution in [2.24, 2.45) is 5.41 Å². The molecule has 1 N–H and O–H groups in total. The number of carboxylic acids is 1. The second-order valence-corrected chi connectivity index (χ2v) is 8.20. The van der Waals surface area contributed by atoms with Crippen molar-refractivity contribution in [3.8, 4) is 0 Å². The highest BCUT2D eigenvalue weighted by Gasteiger charge is 2.47. The second-order valence-electron chi connectivity index (χ2n) is 8.20. The van der Waals surface area contributed by atoms with Crippen molar-refractivity contribution in [1.29, 1.82) is 0 Å². The summed E-state index contributed by atoms with van der Waals surface area (Å²) in [4.78, 5) is 25.6. The van der Waals surface area contributed by atoms with Crippen molar-refractivity contribution in [3.63, 3.8) is 0 Å². The maximum Gasteiger partial charge on any atom is 0.490 e. The van der Waals surface area contributed by atoms with E-state index in [1.165, 1.54) is 12.1 Å². The summed E-state index contributed by atoms with van der Waals surface area (Å²) in [5.74, 6) is -2.04. The summed E-state index contributed by atoms with van der Waals surface area (Å²) in [5.41, 5.74) is 2.86. The number of aromatic nitrogens is 1. The van der Waals surface area contributed by atoms with E-state index in [-0.39, 0.29) is 17.1 Å². The van der Waals surface area contributed by atoms with Gasteiger partial charge in [0.15, 0.2) is 0 Å². The van der Waals surface area contributed by atoms with E-state index in [1.807, 2.05) is 13.8 Å². The number of carbonyl (C=O) groups is 2. The number of anilines is 1. The Kier molecular flexibility index (Phi) is 6.59. The van der Waals surface area contributed by atoms with Gasteiger partial charge in [0.05, 0.1) is 5.69 Å². The number of likely N-dealkylation sites (tertiary alicyclic amines) is 1. The topological polar surface area (TPSA) is 86.9 Å². The third-order valence-electron chi connectivity index (χ3n) is 5.78. The summed E-state index contributed by atoms with van der Waals surface area (Å²) < 4.78 is 50.1. The Morgan fingerprint density at radius 3 is 2.38 bits per heavy atom. The van der Waals surface area contributed by atoms with Crippen LogP contribution in [0.2, 0.25) is 0 Å². The average molecular weight is 457 g/mol. The summed E-state index contributed by atoms with van der Waals surface area (Å²) >= 11 is 0. The maximum absolute atomic E-state index is 13.1. The number of nitrogens with zero attached hydrogens (tertiary/aromatic N) is 3. The molecular weight excluding hydrogens is 434 g/mol. The molecule has 2 aliphatic rings. The van der Waals surface area contributed by atoms with Crippen molar-refractivity contribution in [1.82, 2.24) is 10.1 Å². The lowest BCUT2D eigenvalue weighted by Crippen LogP contribution is -2.31. The van der Waals surface area contributed by atoms with E-state index in [0.29, 0.717) is 13.0 Å². The molecule has 2 aromatic rings. The summed E-state index contributed by atoms with van der Waals surface area (Å²) in [6, 6.07) is 6.18. The van der Waals surface area contributed by atoms with Crippen molar-refractivity contribution < 1.29 is 36.8 Å². The summed E-state index contributed by atoms with van der Waals surface area (Å²) in [5, 5.41) is 11.1. The van der Waals surface area contributed by atoms with Crippen molar-refractivity contribution in [2.45, 2.75) is 39.4 Å². The van der Waals surface area contributed by atoms with Crippen LogP contribution in [0.25, 0.3) is 0 Å². The van der Waals surface area contributed by atoms with Gasteiger partial charge in [0.2, 0.25) is 5.91 Å². The van der Waals surface area contributed by atoms with Crippen molar-refractivity contribution >= 4 is 17.6 Å². The molecule has 0 saturated carbocycles. The molecule has 174 valence electrons. The summed E-state index contributed by atoms with van der Waals surface area (Å²) in [6.45, 7) is 7.28. The molecule has 2 aliphatic heterocycles. The van der Waals surface area contributed by atoms with Gasteiger partial charge in [-0.3, -0.25) is 9.69 Å². The number of benzene rings is 1. The van der Waals surface area contributed by atoms with Gasteiger partial charge >= 0.3 is 12.1 Å². The standard InChI is InChI=1S/C19H22FN3O2.C2HF3O2/c1-13-17(14(2)25-21-13)10-22-8-7-19(11-22)9-18(24)23(12-19)16-5-3-15(20)4-6-16;3-2(4,5)1(6)7/h3-6H,7-12H2,1-2H3;(H,6,7). The molecule has 32 heavy (non-hydrogen) atoms. The number of halogens is 4. The van der Waals surface area contributed by atoms with Crippen molar-refractivity contribution in [2.75, 3.05) is 24.5 Å². The zero-order chi connectivity index (χ0) is 23.7. The highest BCUT2D eigenvalue weighted by atomic mass is 19.4. The SMILES string of the molecule is Cc1noc(C)c1CN1CCC2(CC(=O)N(c3ccc(F)cc3)C2)C1.O=C(O)C(F)(F)F. The molecule has 7 nitrogen and oxygen atoms in total. The molecule has 1 atom stereocenters. The second kappa shape index (κ2) is 8.89. The molecule has 0 aliphatic carbocycles. The zero-order valence-corrected chi connectivity index (χ0v) is 17.6. The van der Waals surface area contributed by atoms with Gasteiger partial charge < -0.3 is 14.5 Å². The van der Waals surface area contributed by atoms with Crippen LogP contribution in [-0.4, -0.2) is 52.9 Å². The van der Waals surface area contributed by atoms with Gasteiger partial charge in [-0.2, -0.15) is 13.2 Å². The van der Waals surface area contributed by atoms with Crippen LogP contribution in [-0.2, 0) is 16.1 Å². The number of alkyl halides is 3. The smallest absolute Gasteiger partial charge is 0.475 e. The van der Waals surface area contributed by atoms with Crippen LogP contribution in [0.1, 0.15) is 29.9 Å². The van der Waals surface area contributed by atoms with Gasteiger partial charge in [-0.05, 0) is 51.1 Å². The molecule has 2 fully saturated rings. The Morgan fingerprint density at radius 1 is 1.22 bits per heavy atom. The molecular formula is C21H23F4N3O4. The van der Waals surface area contributed by atoms with Gasteiger partial charge in [-0.1, -0.05) is 5.16 Å².